The molecule has 1 saturated heterocycles. The third-order valence-electron chi connectivity index (χ3n) is 4.52. The number of benzene rings is 1. The highest BCUT2D eigenvalue weighted by Gasteiger charge is 2.45. The molecule has 2 fully saturated rings. The summed E-state index contributed by atoms with van der Waals surface area (Å²) in [6.45, 7) is 1.41. The summed E-state index contributed by atoms with van der Waals surface area (Å²) in [4.78, 5) is 23.5. The standard InChI is InChI=1S/C17H21NO4/c19-12-14-6-7-17(21-8-9-22-17)10-15(14)18-11-16(20)13-4-2-1-3-5-13/h1-5,12,14-15,18H,6-11H2/t14-,15+/m0/s1. The molecule has 118 valence electrons. The van der Waals surface area contributed by atoms with Crippen LogP contribution in [0.25, 0.3) is 0 Å². The van der Waals surface area contributed by atoms with Crippen molar-refractivity contribution >= 4 is 12.1 Å². The molecule has 1 aromatic rings. The number of Topliss-reactive ketones (excluding diaryl/α,β-unsaturated/α-hetero) is 1. The predicted molar refractivity (Wildman–Crippen MR) is 80.6 cm³/mol. The molecule has 0 bridgehead atoms. The largest absolute Gasteiger partial charge is 0.347 e. The Labute approximate surface area is 130 Å². The molecule has 1 N–H and O–H groups in total. The van der Waals surface area contributed by atoms with Gasteiger partial charge in [-0.15, -0.1) is 0 Å². The van der Waals surface area contributed by atoms with E-state index in [9.17, 15) is 9.59 Å². The average Bonchev–Trinajstić information content (AvgIpc) is 3.01. The van der Waals surface area contributed by atoms with Gasteiger partial charge in [-0.2, -0.15) is 0 Å². The minimum atomic E-state index is -0.563. The first-order valence-electron chi connectivity index (χ1n) is 7.77. The highest BCUT2D eigenvalue weighted by atomic mass is 16.7. The Bertz CT molecular complexity index is 525. The van der Waals surface area contributed by atoms with Crippen molar-refractivity contribution in [2.75, 3.05) is 19.8 Å². The van der Waals surface area contributed by atoms with Crippen LogP contribution < -0.4 is 5.32 Å². The van der Waals surface area contributed by atoms with E-state index in [1.165, 1.54) is 0 Å². The molecular formula is C17H21NO4. The molecule has 1 spiro atoms. The number of ketones is 1. The minimum absolute atomic E-state index is 0.0260. The van der Waals surface area contributed by atoms with E-state index in [0.717, 1.165) is 19.1 Å². The number of hydrogen-bond donors (Lipinski definition) is 1. The van der Waals surface area contributed by atoms with Crippen molar-refractivity contribution in [2.45, 2.75) is 31.1 Å². The Kier molecular flexibility index (Phi) is 4.66. The van der Waals surface area contributed by atoms with Gasteiger partial charge in [0.05, 0.1) is 19.8 Å². The van der Waals surface area contributed by atoms with E-state index in [2.05, 4.69) is 5.32 Å². The highest BCUT2D eigenvalue weighted by Crippen LogP contribution is 2.37. The van der Waals surface area contributed by atoms with Crippen molar-refractivity contribution < 1.29 is 19.1 Å². The second kappa shape index (κ2) is 6.69. The van der Waals surface area contributed by atoms with Gasteiger partial charge in [-0.1, -0.05) is 30.3 Å². The number of carbonyl (C=O) groups is 2. The molecule has 0 unspecified atom stereocenters. The van der Waals surface area contributed by atoms with Crippen molar-refractivity contribution in [3.8, 4) is 0 Å². The van der Waals surface area contributed by atoms with Gasteiger partial charge in [0.15, 0.2) is 11.6 Å². The molecule has 1 aliphatic heterocycles. The highest BCUT2D eigenvalue weighted by molar-refractivity contribution is 5.97. The van der Waals surface area contributed by atoms with Crippen LogP contribution in [0.5, 0.6) is 0 Å². The van der Waals surface area contributed by atoms with Crippen LogP contribution in [0.3, 0.4) is 0 Å². The average molecular weight is 303 g/mol. The lowest BCUT2D eigenvalue weighted by atomic mass is 9.81. The molecule has 22 heavy (non-hydrogen) atoms. The summed E-state index contributed by atoms with van der Waals surface area (Å²) >= 11 is 0. The summed E-state index contributed by atoms with van der Waals surface area (Å²) in [5, 5.41) is 3.23. The lowest BCUT2D eigenvalue weighted by Gasteiger charge is -2.39. The van der Waals surface area contributed by atoms with Crippen LogP contribution in [0.2, 0.25) is 0 Å². The smallest absolute Gasteiger partial charge is 0.176 e. The molecule has 5 nitrogen and oxygen atoms in total. The quantitative estimate of drug-likeness (QED) is 0.661. The number of rotatable bonds is 5. The van der Waals surface area contributed by atoms with E-state index >= 15 is 0 Å². The summed E-state index contributed by atoms with van der Waals surface area (Å²) in [6, 6.07) is 9.08. The fourth-order valence-electron chi connectivity index (χ4n) is 3.27. The maximum Gasteiger partial charge on any atom is 0.176 e. The van der Waals surface area contributed by atoms with Crippen molar-refractivity contribution in [3.05, 3.63) is 35.9 Å². The Morgan fingerprint density at radius 3 is 2.68 bits per heavy atom. The van der Waals surface area contributed by atoms with E-state index in [0.29, 0.717) is 25.2 Å². The monoisotopic (exact) mass is 303 g/mol. The van der Waals surface area contributed by atoms with Crippen molar-refractivity contribution in [2.24, 2.45) is 5.92 Å². The summed E-state index contributed by atoms with van der Waals surface area (Å²) in [6.07, 6.45) is 3.05. The molecule has 5 heteroatoms. The molecular weight excluding hydrogens is 282 g/mol. The summed E-state index contributed by atoms with van der Waals surface area (Å²) in [7, 11) is 0. The Morgan fingerprint density at radius 2 is 2.00 bits per heavy atom. The van der Waals surface area contributed by atoms with Crippen molar-refractivity contribution in [1.82, 2.24) is 5.32 Å². The number of carbonyl (C=O) groups excluding carboxylic acids is 2. The van der Waals surface area contributed by atoms with E-state index in [-0.39, 0.29) is 24.3 Å². The molecule has 1 aromatic carbocycles. The van der Waals surface area contributed by atoms with Gasteiger partial charge in [-0.05, 0) is 6.42 Å². The van der Waals surface area contributed by atoms with Crippen LogP contribution in [0.15, 0.2) is 30.3 Å². The first kappa shape index (κ1) is 15.3. The van der Waals surface area contributed by atoms with Crippen molar-refractivity contribution in [3.63, 3.8) is 0 Å². The van der Waals surface area contributed by atoms with Gasteiger partial charge in [0.2, 0.25) is 0 Å². The number of hydrogen-bond acceptors (Lipinski definition) is 5. The Balaban J connectivity index is 1.61. The molecule has 2 atom stereocenters. The third kappa shape index (κ3) is 3.27. The fraction of sp³-hybridized carbons (Fsp3) is 0.529. The maximum atomic E-state index is 12.2. The Morgan fingerprint density at radius 1 is 1.27 bits per heavy atom. The van der Waals surface area contributed by atoms with Gasteiger partial charge in [-0.25, -0.2) is 0 Å². The third-order valence-corrected chi connectivity index (χ3v) is 4.52. The molecule has 0 aromatic heterocycles. The normalized spacial score (nSPS) is 26.9. The van der Waals surface area contributed by atoms with Gasteiger partial charge >= 0.3 is 0 Å². The lowest BCUT2D eigenvalue weighted by Crippen LogP contribution is -2.50. The molecule has 2 aliphatic rings. The van der Waals surface area contributed by atoms with Crippen LogP contribution in [-0.2, 0) is 14.3 Å². The zero-order chi connectivity index (χ0) is 15.4. The maximum absolute atomic E-state index is 12.2. The Hall–Kier alpha value is -1.56. The molecule has 1 heterocycles. The SMILES string of the molecule is O=C[C@@H]1CCC2(C[C@H]1NCC(=O)c1ccccc1)OCCO2. The summed E-state index contributed by atoms with van der Waals surface area (Å²) in [5.74, 6) is -0.632. The van der Waals surface area contributed by atoms with Crippen LogP contribution in [-0.4, -0.2) is 43.7 Å². The summed E-state index contributed by atoms with van der Waals surface area (Å²) in [5.41, 5.74) is 0.677. The van der Waals surface area contributed by atoms with Crippen LogP contribution in [0.1, 0.15) is 29.6 Å². The molecule has 1 saturated carbocycles. The topological polar surface area (TPSA) is 64.6 Å². The first-order valence-corrected chi connectivity index (χ1v) is 7.77. The second-order valence-electron chi connectivity index (χ2n) is 5.93. The second-order valence-corrected chi connectivity index (χ2v) is 5.93. The van der Waals surface area contributed by atoms with Gasteiger partial charge in [0.25, 0.3) is 0 Å². The number of ether oxygens (including phenoxy) is 2. The minimum Gasteiger partial charge on any atom is -0.347 e. The van der Waals surface area contributed by atoms with Crippen LogP contribution >= 0.6 is 0 Å². The molecule has 0 amide bonds. The fourth-order valence-corrected chi connectivity index (χ4v) is 3.27. The van der Waals surface area contributed by atoms with E-state index < -0.39 is 5.79 Å². The van der Waals surface area contributed by atoms with Crippen LogP contribution in [0, 0.1) is 5.92 Å². The number of nitrogens with one attached hydrogen (secondary N) is 1. The number of aldehydes is 1. The van der Waals surface area contributed by atoms with E-state index in [1.54, 1.807) is 12.1 Å². The summed E-state index contributed by atoms with van der Waals surface area (Å²) < 4.78 is 11.5. The van der Waals surface area contributed by atoms with Crippen LogP contribution in [0.4, 0.5) is 0 Å². The van der Waals surface area contributed by atoms with Gasteiger partial charge in [0.1, 0.15) is 6.29 Å². The zero-order valence-corrected chi connectivity index (χ0v) is 12.5. The first-order chi connectivity index (χ1) is 10.7. The zero-order valence-electron chi connectivity index (χ0n) is 12.5. The molecule has 3 rings (SSSR count). The predicted octanol–water partition coefficient (Wildman–Crippen LogP) is 1.57. The van der Waals surface area contributed by atoms with Gasteiger partial charge < -0.3 is 19.6 Å². The lowest BCUT2D eigenvalue weighted by molar-refractivity contribution is -0.187. The van der Waals surface area contributed by atoms with Crippen molar-refractivity contribution in [1.29, 1.82) is 0 Å². The molecule has 1 aliphatic carbocycles. The van der Waals surface area contributed by atoms with Gasteiger partial charge in [0, 0.05) is 30.4 Å². The molecule has 0 radical (unpaired) electrons. The van der Waals surface area contributed by atoms with E-state index in [4.69, 9.17) is 9.47 Å². The van der Waals surface area contributed by atoms with Gasteiger partial charge in [-0.3, -0.25) is 4.79 Å². The van der Waals surface area contributed by atoms with E-state index in [1.807, 2.05) is 18.2 Å².